The van der Waals surface area contributed by atoms with E-state index >= 15 is 0 Å². The van der Waals surface area contributed by atoms with E-state index in [9.17, 15) is 4.79 Å². The molecule has 4 rings (SSSR count). The Morgan fingerprint density at radius 3 is 2.73 bits per heavy atom. The lowest BCUT2D eigenvalue weighted by molar-refractivity contribution is -0.123. The maximum atomic E-state index is 12.1. The number of para-hydroxylation sites is 1. The number of nitrogens with zero attached hydrogens (tertiary/aromatic N) is 3. The van der Waals surface area contributed by atoms with Crippen LogP contribution in [0.1, 0.15) is 11.1 Å². The van der Waals surface area contributed by atoms with Gasteiger partial charge in [0.25, 0.3) is 5.91 Å². The smallest absolute Gasteiger partial charge is 0.277 e. The molecule has 1 N–H and O–H groups in total. The van der Waals surface area contributed by atoms with Crippen LogP contribution < -0.4 is 10.2 Å². The van der Waals surface area contributed by atoms with Crippen LogP contribution in [0.3, 0.4) is 0 Å². The summed E-state index contributed by atoms with van der Waals surface area (Å²) in [5.41, 5.74) is 6.74. The van der Waals surface area contributed by atoms with E-state index in [-0.39, 0.29) is 12.5 Å². The quantitative estimate of drug-likeness (QED) is 0.393. The largest absolute Gasteiger partial charge is 0.483 e. The molecule has 0 bridgehead atoms. The lowest BCUT2D eigenvalue weighted by Crippen LogP contribution is -2.24. The normalized spacial score (nSPS) is 11.0. The molecule has 30 heavy (non-hydrogen) atoms. The summed E-state index contributed by atoms with van der Waals surface area (Å²) in [6.45, 7) is 1.86. The van der Waals surface area contributed by atoms with Gasteiger partial charge in [-0.1, -0.05) is 42.0 Å². The van der Waals surface area contributed by atoms with Crippen LogP contribution in [0, 0.1) is 6.92 Å². The first-order valence-electron chi connectivity index (χ1n) is 9.51. The Bertz CT molecular complexity index is 1200. The third-order valence-corrected chi connectivity index (χ3v) is 4.47. The number of rotatable bonds is 6. The number of ether oxygens (including phenoxy) is 1. The molecule has 6 heteroatoms. The number of hydrazone groups is 1. The van der Waals surface area contributed by atoms with Gasteiger partial charge in [0.1, 0.15) is 5.75 Å². The van der Waals surface area contributed by atoms with E-state index in [0.717, 1.165) is 22.2 Å². The van der Waals surface area contributed by atoms with Gasteiger partial charge in [-0.15, -0.1) is 0 Å². The number of nitrogens with one attached hydrogen (secondary N) is 1. The minimum absolute atomic E-state index is 0.159. The fraction of sp³-hybridized carbons (Fsp3) is 0.0833. The summed E-state index contributed by atoms with van der Waals surface area (Å²) in [4.78, 5) is 21.0. The number of aromatic nitrogens is 2. The number of carbonyl (C=O) groups is 1. The highest BCUT2D eigenvalue weighted by molar-refractivity contribution is 5.83. The van der Waals surface area contributed by atoms with E-state index in [4.69, 9.17) is 4.74 Å². The second-order valence-electron chi connectivity index (χ2n) is 6.74. The van der Waals surface area contributed by atoms with E-state index in [1.807, 2.05) is 79.7 Å². The monoisotopic (exact) mass is 396 g/mol. The van der Waals surface area contributed by atoms with Gasteiger partial charge in [-0.3, -0.25) is 4.79 Å². The highest BCUT2D eigenvalue weighted by Crippen LogP contribution is 2.29. The van der Waals surface area contributed by atoms with Crippen molar-refractivity contribution >= 4 is 23.2 Å². The van der Waals surface area contributed by atoms with Crippen LogP contribution in [0.25, 0.3) is 22.3 Å². The fourth-order valence-corrected chi connectivity index (χ4v) is 2.91. The number of carbonyl (C=O) groups excluding carboxylic acids is 1. The van der Waals surface area contributed by atoms with E-state index < -0.39 is 0 Å². The first-order valence-corrected chi connectivity index (χ1v) is 9.51. The minimum atomic E-state index is -0.346. The van der Waals surface area contributed by atoms with Crippen molar-refractivity contribution in [2.75, 3.05) is 6.61 Å². The molecule has 0 aliphatic carbocycles. The van der Waals surface area contributed by atoms with Crippen LogP contribution in [0.15, 0.2) is 84.1 Å². The maximum Gasteiger partial charge on any atom is 0.277 e. The molecule has 0 spiro atoms. The highest BCUT2D eigenvalue weighted by Gasteiger charge is 2.10. The van der Waals surface area contributed by atoms with Gasteiger partial charge in [-0.05, 0) is 48.9 Å². The fourth-order valence-electron chi connectivity index (χ4n) is 2.91. The summed E-state index contributed by atoms with van der Waals surface area (Å²) in [5, 5.41) is 4.94. The Morgan fingerprint density at radius 2 is 1.87 bits per heavy atom. The molecule has 6 nitrogen and oxygen atoms in total. The number of benzene rings is 2. The molecular weight excluding hydrogens is 376 g/mol. The molecule has 2 aromatic heterocycles. The van der Waals surface area contributed by atoms with Gasteiger partial charge < -0.3 is 4.74 Å². The van der Waals surface area contributed by atoms with E-state index in [1.54, 1.807) is 12.4 Å². The molecule has 0 radical (unpaired) electrons. The molecule has 0 fully saturated rings. The molecule has 2 aromatic carbocycles. The number of hydrogen-bond donors (Lipinski definition) is 1. The van der Waals surface area contributed by atoms with E-state index in [0.29, 0.717) is 11.4 Å². The van der Waals surface area contributed by atoms with Crippen molar-refractivity contribution in [3.05, 3.63) is 90.1 Å². The lowest BCUT2D eigenvalue weighted by Gasteiger charge is -2.10. The van der Waals surface area contributed by atoms with Gasteiger partial charge in [0.2, 0.25) is 0 Å². The molecule has 0 unspecified atom stereocenters. The summed E-state index contributed by atoms with van der Waals surface area (Å²) >= 11 is 0. The predicted octanol–water partition coefficient (Wildman–Crippen LogP) is 4.13. The Hall–Kier alpha value is -4.06. The summed E-state index contributed by atoms with van der Waals surface area (Å²) in [5.74, 6) is 0.222. The Labute approximate surface area is 174 Å². The maximum absolute atomic E-state index is 12.1. The molecule has 0 aliphatic heterocycles. The number of fused-ring (bicyclic) bond motifs is 1. The van der Waals surface area contributed by atoms with Crippen molar-refractivity contribution in [1.29, 1.82) is 0 Å². The summed E-state index contributed by atoms with van der Waals surface area (Å²) in [6, 6.07) is 23.0. The van der Waals surface area contributed by atoms with Crippen molar-refractivity contribution < 1.29 is 9.53 Å². The van der Waals surface area contributed by atoms with Crippen LogP contribution in [0.4, 0.5) is 0 Å². The van der Waals surface area contributed by atoms with Crippen LogP contribution in [-0.2, 0) is 4.79 Å². The van der Waals surface area contributed by atoms with Gasteiger partial charge in [0, 0.05) is 17.1 Å². The third kappa shape index (κ3) is 4.67. The molecule has 0 atom stereocenters. The molecule has 2 heterocycles. The Morgan fingerprint density at radius 1 is 1.03 bits per heavy atom. The predicted molar refractivity (Wildman–Crippen MR) is 117 cm³/mol. The molecule has 1 amide bonds. The van der Waals surface area contributed by atoms with Crippen LogP contribution in [-0.4, -0.2) is 28.7 Å². The van der Waals surface area contributed by atoms with Gasteiger partial charge in [-0.2, -0.15) is 5.10 Å². The van der Waals surface area contributed by atoms with Gasteiger partial charge >= 0.3 is 0 Å². The minimum Gasteiger partial charge on any atom is -0.483 e. The molecule has 148 valence electrons. The molecule has 0 aliphatic rings. The molecular formula is C24H20N4O2. The van der Waals surface area contributed by atoms with Gasteiger partial charge in [0.05, 0.1) is 11.9 Å². The summed E-state index contributed by atoms with van der Waals surface area (Å²) < 4.78 is 5.74. The third-order valence-electron chi connectivity index (χ3n) is 4.47. The first-order chi connectivity index (χ1) is 14.7. The topological polar surface area (TPSA) is 76.5 Å². The van der Waals surface area contributed by atoms with Crippen molar-refractivity contribution in [3.63, 3.8) is 0 Å². The van der Waals surface area contributed by atoms with Crippen molar-refractivity contribution in [2.45, 2.75) is 6.92 Å². The number of amides is 1. The summed E-state index contributed by atoms with van der Waals surface area (Å²) in [6.07, 6.45) is 3.31. The highest BCUT2D eigenvalue weighted by atomic mass is 16.5. The zero-order valence-electron chi connectivity index (χ0n) is 16.4. The summed E-state index contributed by atoms with van der Waals surface area (Å²) in [7, 11) is 0. The van der Waals surface area contributed by atoms with E-state index in [2.05, 4.69) is 20.5 Å². The second kappa shape index (κ2) is 8.96. The lowest BCUT2D eigenvalue weighted by atomic mass is 10.1. The molecule has 0 saturated heterocycles. The van der Waals surface area contributed by atoms with Crippen LogP contribution in [0.5, 0.6) is 5.75 Å². The molecule has 0 saturated carbocycles. The average Bonchev–Trinajstić information content (AvgIpc) is 2.79. The zero-order valence-corrected chi connectivity index (χ0v) is 16.4. The standard InChI is InChI=1S/C24H20N4O2/c1-17-8-10-18(11-9-17)15-26-28-23(29)16-30-22-7-3-2-6-20(22)21-13-12-19-5-4-14-25-24(19)27-21/h2-15H,16H2,1H3,(H,28,29)/b26-15+. The zero-order chi connectivity index (χ0) is 20.8. The SMILES string of the molecule is Cc1ccc(/C=N/NC(=O)COc2ccccc2-c2ccc3cccnc3n2)cc1. The van der Waals surface area contributed by atoms with Crippen molar-refractivity contribution in [3.8, 4) is 17.0 Å². The number of aryl methyl sites for hydroxylation is 1. The Kier molecular flexibility index (Phi) is 5.75. The van der Waals surface area contributed by atoms with Gasteiger partial charge in [0.15, 0.2) is 12.3 Å². The van der Waals surface area contributed by atoms with Crippen LogP contribution in [0.2, 0.25) is 0 Å². The van der Waals surface area contributed by atoms with Crippen LogP contribution >= 0.6 is 0 Å². The molecule has 4 aromatic rings. The van der Waals surface area contributed by atoms with Crippen molar-refractivity contribution in [2.24, 2.45) is 5.10 Å². The van der Waals surface area contributed by atoms with Gasteiger partial charge in [-0.25, -0.2) is 15.4 Å². The number of hydrogen-bond acceptors (Lipinski definition) is 5. The van der Waals surface area contributed by atoms with Crippen molar-refractivity contribution in [1.82, 2.24) is 15.4 Å². The second-order valence-corrected chi connectivity index (χ2v) is 6.74. The Balaban J connectivity index is 1.42. The number of pyridine rings is 2. The van der Waals surface area contributed by atoms with E-state index in [1.165, 1.54) is 5.56 Å². The first kappa shape index (κ1) is 19.3. The average molecular weight is 396 g/mol.